The summed E-state index contributed by atoms with van der Waals surface area (Å²) in [7, 11) is 0. The van der Waals surface area contributed by atoms with Gasteiger partial charge in [-0.1, -0.05) is 19.1 Å². The molecular formula is C15H17FN4O. The van der Waals surface area contributed by atoms with Gasteiger partial charge < -0.3 is 16.4 Å². The van der Waals surface area contributed by atoms with Crippen molar-refractivity contribution in [3.63, 3.8) is 0 Å². The molecule has 0 bridgehead atoms. The number of amides is 1. The summed E-state index contributed by atoms with van der Waals surface area (Å²) in [4.78, 5) is 15.5. The van der Waals surface area contributed by atoms with Crippen molar-refractivity contribution in [1.82, 2.24) is 4.98 Å². The van der Waals surface area contributed by atoms with Crippen LogP contribution in [0.4, 0.5) is 21.7 Å². The van der Waals surface area contributed by atoms with Gasteiger partial charge in [-0.15, -0.1) is 0 Å². The van der Waals surface area contributed by atoms with Crippen molar-refractivity contribution in [2.24, 2.45) is 0 Å². The summed E-state index contributed by atoms with van der Waals surface area (Å²) in [6.07, 6.45) is 0.379. The molecule has 0 aliphatic heterocycles. The lowest BCUT2D eigenvalue weighted by Gasteiger charge is -2.10. The Labute approximate surface area is 122 Å². The van der Waals surface area contributed by atoms with Crippen molar-refractivity contribution in [3.05, 3.63) is 47.8 Å². The topological polar surface area (TPSA) is 80.0 Å². The minimum atomic E-state index is -0.267. The number of carbonyl (C=O) groups is 1. The van der Waals surface area contributed by atoms with E-state index >= 15 is 0 Å². The number of pyridine rings is 1. The number of nitrogens with one attached hydrogen (secondary N) is 2. The van der Waals surface area contributed by atoms with E-state index in [2.05, 4.69) is 15.6 Å². The quantitative estimate of drug-likeness (QED) is 0.790. The van der Waals surface area contributed by atoms with Crippen molar-refractivity contribution < 1.29 is 9.18 Å². The molecule has 0 aliphatic carbocycles. The summed E-state index contributed by atoms with van der Waals surface area (Å²) in [5.41, 5.74) is 7.22. The first kappa shape index (κ1) is 14.8. The zero-order valence-corrected chi connectivity index (χ0v) is 11.7. The van der Waals surface area contributed by atoms with E-state index in [1.165, 1.54) is 12.1 Å². The van der Waals surface area contributed by atoms with Gasteiger partial charge in [0.15, 0.2) is 0 Å². The Kier molecular flexibility index (Phi) is 4.71. The predicted octanol–water partition coefficient (Wildman–Crippen LogP) is 2.76. The third-order valence-electron chi connectivity index (χ3n) is 2.91. The predicted molar refractivity (Wildman–Crippen MR) is 81.3 cm³/mol. The van der Waals surface area contributed by atoms with Gasteiger partial charge in [0.2, 0.25) is 5.91 Å². The number of rotatable bonds is 5. The van der Waals surface area contributed by atoms with Crippen molar-refractivity contribution in [3.8, 4) is 0 Å². The molecule has 0 saturated carbocycles. The molecule has 1 amide bonds. The third kappa shape index (κ3) is 4.17. The molecule has 2 aromatic rings. The highest BCUT2D eigenvalue weighted by Gasteiger charge is 2.05. The summed E-state index contributed by atoms with van der Waals surface area (Å²) >= 11 is 0. The zero-order valence-electron chi connectivity index (χ0n) is 11.7. The molecule has 0 fully saturated rings. The molecule has 2 rings (SSSR count). The highest BCUT2D eigenvalue weighted by atomic mass is 19.1. The van der Waals surface area contributed by atoms with E-state index in [4.69, 9.17) is 5.73 Å². The van der Waals surface area contributed by atoms with E-state index in [0.29, 0.717) is 24.5 Å². The fraction of sp³-hybridized carbons (Fsp3) is 0.200. The second-order valence-corrected chi connectivity index (χ2v) is 4.51. The normalized spacial score (nSPS) is 10.2. The van der Waals surface area contributed by atoms with Gasteiger partial charge in [0.25, 0.3) is 0 Å². The largest absolute Gasteiger partial charge is 0.382 e. The second-order valence-electron chi connectivity index (χ2n) is 4.51. The standard InChI is InChI=1S/C15H17FN4O/c1-2-14(21)19-12-7-8-13(20-15(12)17)18-9-10-3-5-11(16)6-4-10/h3-8H,2,9H2,1H3,(H,19,21)(H3,17,18,20). The number of benzene rings is 1. The van der Waals surface area contributed by atoms with Crippen LogP contribution in [0, 0.1) is 5.82 Å². The molecule has 0 spiro atoms. The van der Waals surface area contributed by atoms with Crippen molar-refractivity contribution in [2.75, 3.05) is 16.4 Å². The lowest BCUT2D eigenvalue weighted by Crippen LogP contribution is -2.12. The molecule has 0 radical (unpaired) electrons. The maximum atomic E-state index is 12.8. The Balaban J connectivity index is 1.99. The third-order valence-corrected chi connectivity index (χ3v) is 2.91. The van der Waals surface area contributed by atoms with Gasteiger partial charge in [-0.3, -0.25) is 4.79 Å². The maximum Gasteiger partial charge on any atom is 0.224 e. The Morgan fingerprint density at radius 3 is 2.57 bits per heavy atom. The van der Waals surface area contributed by atoms with E-state index in [1.807, 2.05) is 0 Å². The molecule has 1 aromatic carbocycles. The number of carbonyl (C=O) groups excluding carboxylic acids is 1. The fourth-order valence-corrected chi connectivity index (χ4v) is 1.71. The molecule has 4 N–H and O–H groups in total. The van der Waals surface area contributed by atoms with Crippen molar-refractivity contribution >= 4 is 23.2 Å². The second kappa shape index (κ2) is 6.69. The molecular weight excluding hydrogens is 271 g/mol. The average molecular weight is 288 g/mol. The molecule has 6 heteroatoms. The van der Waals surface area contributed by atoms with Crippen LogP contribution in [0.2, 0.25) is 0 Å². The van der Waals surface area contributed by atoms with Gasteiger partial charge >= 0.3 is 0 Å². The number of anilines is 3. The van der Waals surface area contributed by atoms with Crippen LogP contribution < -0.4 is 16.4 Å². The van der Waals surface area contributed by atoms with Crippen LogP contribution in [0.25, 0.3) is 0 Å². The molecule has 110 valence electrons. The molecule has 1 aromatic heterocycles. The molecule has 1 heterocycles. The van der Waals surface area contributed by atoms with Crippen LogP contribution in [0.5, 0.6) is 0 Å². The molecule has 21 heavy (non-hydrogen) atoms. The minimum Gasteiger partial charge on any atom is -0.382 e. The first-order valence-corrected chi connectivity index (χ1v) is 6.63. The van der Waals surface area contributed by atoms with Crippen LogP contribution in [0.1, 0.15) is 18.9 Å². The first-order valence-electron chi connectivity index (χ1n) is 6.63. The molecule has 0 unspecified atom stereocenters. The number of hydrogen-bond acceptors (Lipinski definition) is 4. The maximum absolute atomic E-state index is 12.8. The average Bonchev–Trinajstić information content (AvgIpc) is 2.49. The van der Waals surface area contributed by atoms with Crippen LogP contribution in [0.15, 0.2) is 36.4 Å². The van der Waals surface area contributed by atoms with E-state index in [-0.39, 0.29) is 17.5 Å². The number of halogens is 1. The van der Waals surface area contributed by atoms with Crippen LogP contribution in [0.3, 0.4) is 0 Å². The summed E-state index contributed by atoms with van der Waals surface area (Å²) in [6.45, 7) is 2.27. The Hall–Kier alpha value is -2.63. The van der Waals surface area contributed by atoms with Gasteiger partial charge in [0, 0.05) is 13.0 Å². The van der Waals surface area contributed by atoms with E-state index < -0.39 is 0 Å². The summed E-state index contributed by atoms with van der Waals surface area (Å²) in [5, 5.41) is 5.76. The minimum absolute atomic E-state index is 0.115. The van der Waals surface area contributed by atoms with Gasteiger partial charge in [-0.25, -0.2) is 9.37 Å². The van der Waals surface area contributed by atoms with Gasteiger partial charge in [-0.05, 0) is 29.8 Å². The SMILES string of the molecule is CCC(=O)Nc1ccc(NCc2ccc(F)cc2)nc1N. The van der Waals surface area contributed by atoms with E-state index in [1.54, 1.807) is 31.2 Å². The lowest BCUT2D eigenvalue weighted by molar-refractivity contribution is -0.115. The number of nitrogens with two attached hydrogens (primary N) is 1. The number of nitrogens with zero attached hydrogens (tertiary/aromatic N) is 1. The first-order chi connectivity index (χ1) is 10.1. The zero-order chi connectivity index (χ0) is 15.2. The number of hydrogen-bond donors (Lipinski definition) is 3. The van der Waals surface area contributed by atoms with Gasteiger partial charge in [-0.2, -0.15) is 0 Å². The monoisotopic (exact) mass is 288 g/mol. The van der Waals surface area contributed by atoms with Crippen molar-refractivity contribution in [1.29, 1.82) is 0 Å². The molecule has 0 aliphatic rings. The van der Waals surface area contributed by atoms with E-state index in [0.717, 1.165) is 5.56 Å². The lowest BCUT2D eigenvalue weighted by atomic mass is 10.2. The smallest absolute Gasteiger partial charge is 0.224 e. The molecule has 0 saturated heterocycles. The molecule has 0 atom stereocenters. The highest BCUT2D eigenvalue weighted by molar-refractivity contribution is 5.93. The summed E-state index contributed by atoms with van der Waals surface area (Å²) in [6, 6.07) is 9.63. The van der Waals surface area contributed by atoms with Crippen LogP contribution >= 0.6 is 0 Å². The fourth-order valence-electron chi connectivity index (χ4n) is 1.71. The Morgan fingerprint density at radius 2 is 1.95 bits per heavy atom. The molecule has 5 nitrogen and oxygen atoms in total. The highest BCUT2D eigenvalue weighted by Crippen LogP contribution is 2.19. The number of aromatic nitrogens is 1. The van der Waals surface area contributed by atoms with Crippen LogP contribution in [-0.2, 0) is 11.3 Å². The number of nitrogen functional groups attached to an aromatic ring is 1. The van der Waals surface area contributed by atoms with Gasteiger partial charge in [0.1, 0.15) is 17.5 Å². The van der Waals surface area contributed by atoms with E-state index in [9.17, 15) is 9.18 Å². The van der Waals surface area contributed by atoms with Gasteiger partial charge in [0.05, 0.1) is 5.69 Å². The Bertz CT molecular complexity index is 628. The van der Waals surface area contributed by atoms with Crippen molar-refractivity contribution in [2.45, 2.75) is 19.9 Å². The Morgan fingerprint density at radius 1 is 1.24 bits per heavy atom. The van der Waals surface area contributed by atoms with Crippen LogP contribution in [-0.4, -0.2) is 10.9 Å². The summed E-state index contributed by atoms with van der Waals surface area (Å²) < 4.78 is 12.8. The summed E-state index contributed by atoms with van der Waals surface area (Å²) in [5.74, 6) is 0.458.